The number of piperazine rings is 1. The van der Waals surface area contributed by atoms with Gasteiger partial charge in [-0.2, -0.15) is 0 Å². The molecular formula is C20H28N2O5. The highest BCUT2D eigenvalue weighted by atomic mass is 16.5. The number of carbonyl (C=O) groups excluding carboxylic acids is 3. The van der Waals surface area contributed by atoms with Crippen molar-refractivity contribution >= 4 is 17.8 Å². The van der Waals surface area contributed by atoms with Crippen molar-refractivity contribution in [1.29, 1.82) is 0 Å². The topological polar surface area (TPSA) is 84.9 Å². The van der Waals surface area contributed by atoms with Crippen LogP contribution < -0.4 is 10.1 Å². The van der Waals surface area contributed by atoms with E-state index in [9.17, 15) is 14.4 Å². The van der Waals surface area contributed by atoms with Gasteiger partial charge in [-0.25, -0.2) is 0 Å². The van der Waals surface area contributed by atoms with Crippen LogP contribution in [0.4, 0.5) is 0 Å². The maximum atomic E-state index is 12.7. The normalized spacial score (nSPS) is 17.9. The van der Waals surface area contributed by atoms with E-state index in [1.165, 1.54) is 4.90 Å². The molecule has 7 heteroatoms. The van der Waals surface area contributed by atoms with Crippen LogP contribution >= 0.6 is 0 Å². The highest BCUT2D eigenvalue weighted by Crippen LogP contribution is 2.21. The van der Waals surface area contributed by atoms with Gasteiger partial charge >= 0.3 is 5.97 Å². The summed E-state index contributed by atoms with van der Waals surface area (Å²) >= 11 is 0. The third-order valence-corrected chi connectivity index (χ3v) is 4.82. The number of nitrogens with one attached hydrogen (secondary N) is 1. The van der Waals surface area contributed by atoms with Crippen LogP contribution in [0.3, 0.4) is 0 Å². The minimum Gasteiger partial charge on any atom is -0.483 e. The van der Waals surface area contributed by atoms with E-state index < -0.39 is 12.0 Å². The molecule has 1 aromatic carbocycles. The van der Waals surface area contributed by atoms with Gasteiger partial charge in [-0.15, -0.1) is 0 Å². The number of aryl methyl sites for hydroxylation is 1. The molecule has 2 unspecified atom stereocenters. The summed E-state index contributed by atoms with van der Waals surface area (Å²) in [5.41, 5.74) is 2.04. The number of nitrogens with zero attached hydrogens (tertiary/aromatic N) is 1. The Bertz CT molecular complexity index is 704. The van der Waals surface area contributed by atoms with Crippen LogP contribution in [-0.4, -0.2) is 54.5 Å². The lowest BCUT2D eigenvalue weighted by molar-refractivity contribution is -0.155. The largest absolute Gasteiger partial charge is 0.483 e. The molecule has 2 atom stereocenters. The second-order valence-corrected chi connectivity index (χ2v) is 6.79. The first-order valence-corrected chi connectivity index (χ1v) is 9.29. The Morgan fingerprint density at radius 3 is 2.78 bits per heavy atom. The summed E-state index contributed by atoms with van der Waals surface area (Å²) in [5, 5.41) is 2.70. The van der Waals surface area contributed by atoms with E-state index in [-0.39, 0.29) is 30.9 Å². The molecule has 1 fully saturated rings. The minimum atomic E-state index is -0.870. The van der Waals surface area contributed by atoms with Crippen molar-refractivity contribution in [3.8, 4) is 5.75 Å². The fraction of sp³-hybridized carbons (Fsp3) is 0.550. The summed E-state index contributed by atoms with van der Waals surface area (Å²) in [7, 11) is 0. The van der Waals surface area contributed by atoms with Gasteiger partial charge in [0.1, 0.15) is 11.8 Å². The molecule has 0 spiro atoms. The maximum absolute atomic E-state index is 12.7. The highest BCUT2D eigenvalue weighted by molar-refractivity contribution is 5.92. The zero-order valence-electron chi connectivity index (χ0n) is 16.4. The van der Waals surface area contributed by atoms with E-state index in [0.29, 0.717) is 25.3 Å². The molecule has 1 aliphatic heterocycles. The van der Waals surface area contributed by atoms with E-state index in [1.54, 1.807) is 13.0 Å². The monoisotopic (exact) mass is 376 g/mol. The first-order chi connectivity index (χ1) is 12.8. The van der Waals surface area contributed by atoms with E-state index in [0.717, 1.165) is 11.1 Å². The summed E-state index contributed by atoms with van der Waals surface area (Å²) in [6.07, 6.45) is 0.307. The Morgan fingerprint density at radius 2 is 2.07 bits per heavy atom. The van der Waals surface area contributed by atoms with Gasteiger partial charge in [0.15, 0.2) is 6.61 Å². The number of hydrogen-bond donors (Lipinski definition) is 1. The van der Waals surface area contributed by atoms with Gasteiger partial charge in [0.2, 0.25) is 5.91 Å². The Morgan fingerprint density at radius 1 is 1.33 bits per heavy atom. The van der Waals surface area contributed by atoms with Crippen molar-refractivity contribution in [2.45, 2.75) is 52.7 Å². The second-order valence-electron chi connectivity index (χ2n) is 6.79. The number of amides is 2. The number of rotatable bonds is 7. The summed E-state index contributed by atoms with van der Waals surface area (Å²) in [6, 6.07) is 4.77. The Kier molecular flexibility index (Phi) is 7.21. The van der Waals surface area contributed by atoms with Crippen molar-refractivity contribution in [3.05, 3.63) is 29.3 Å². The van der Waals surface area contributed by atoms with Crippen molar-refractivity contribution < 1.29 is 23.9 Å². The number of hydrogen-bond acceptors (Lipinski definition) is 5. The van der Waals surface area contributed by atoms with Crippen molar-refractivity contribution in [3.63, 3.8) is 0 Å². The standard InChI is InChI=1S/C20H28N2O5/c1-5-14(3)27-19(24)11-16-20(25)21-9-10-22(16)18(23)12-26-17-8-6-7-13(2)15(17)4/h6-8,14,16H,5,9-12H2,1-4H3,(H,21,25). The third kappa shape index (κ3) is 5.45. The quantitative estimate of drug-likeness (QED) is 0.733. The molecule has 1 aromatic rings. The average molecular weight is 376 g/mol. The van der Waals surface area contributed by atoms with Crippen molar-refractivity contribution in [1.82, 2.24) is 10.2 Å². The molecule has 1 heterocycles. The lowest BCUT2D eigenvalue weighted by Crippen LogP contribution is -2.58. The molecule has 0 bridgehead atoms. The predicted molar refractivity (Wildman–Crippen MR) is 100 cm³/mol. The van der Waals surface area contributed by atoms with E-state index >= 15 is 0 Å². The van der Waals surface area contributed by atoms with Crippen LogP contribution in [0.2, 0.25) is 0 Å². The van der Waals surface area contributed by atoms with Gasteiger partial charge in [-0.1, -0.05) is 19.1 Å². The Balaban J connectivity index is 2.02. The SMILES string of the molecule is CCC(C)OC(=O)CC1C(=O)NCCN1C(=O)COc1cccc(C)c1C. The third-order valence-electron chi connectivity index (χ3n) is 4.82. The van der Waals surface area contributed by atoms with Crippen LogP contribution in [0, 0.1) is 13.8 Å². The molecule has 0 aliphatic carbocycles. The van der Waals surface area contributed by atoms with Crippen molar-refractivity contribution in [2.24, 2.45) is 0 Å². The summed E-state index contributed by atoms with van der Waals surface area (Å²) in [6.45, 7) is 8.10. The van der Waals surface area contributed by atoms with Crippen LogP contribution in [0.5, 0.6) is 5.75 Å². The lowest BCUT2D eigenvalue weighted by Gasteiger charge is -2.34. The van der Waals surface area contributed by atoms with Gasteiger partial charge in [0.05, 0.1) is 12.5 Å². The molecule has 0 aromatic heterocycles. The number of ether oxygens (including phenoxy) is 2. The van der Waals surface area contributed by atoms with Gasteiger partial charge in [0, 0.05) is 13.1 Å². The van der Waals surface area contributed by atoms with Crippen LogP contribution in [-0.2, 0) is 19.1 Å². The van der Waals surface area contributed by atoms with E-state index in [1.807, 2.05) is 32.9 Å². The van der Waals surface area contributed by atoms with Gasteiger partial charge in [0.25, 0.3) is 5.91 Å². The Labute approximate surface area is 160 Å². The predicted octanol–water partition coefficient (Wildman–Crippen LogP) is 1.74. The van der Waals surface area contributed by atoms with Crippen LogP contribution in [0.25, 0.3) is 0 Å². The summed E-state index contributed by atoms with van der Waals surface area (Å²) in [5.74, 6) is -0.522. The fourth-order valence-electron chi connectivity index (χ4n) is 2.83. The maximum Gasteiger partial charge on any atom is 0.308 e. The molecule has 2 amide bonds. The number of benzene rings is 1. The molecule has 7 nitrogen and oxygen atoms in total. The summed E-state index contributed by atoms with van der Waals surface area (Å²) < 4.78 is 10.9. The Hall–Kier alpha value is -2.57. The molecule has 2 rings (SSSR count). The molecule has 0 radical (unpaired) electrons. The zero-order chi connectivity index (χ0) is 20.0. The highest BCUT2D eigenvalue weighted by Gasteiger charge is 2.35. The molecule has 1 aliphatic rings. The molecule has 27 heavy (non-hydrogen) atoms. The average Bonchev–Trinajstić information content (AvgIpc) is 2.64. The molecule has 148 valence electrons. The minimum absolute atomic E-state index is 0.161. The number of esters is 1. The van der Waals surface area contributed by atoms with Crippen molar-refractivity contribution in [2.75, 3.05) is 19.7 Å². The molecule has 0 saturated carbocycles. The summed E-state index contributed by atoms with van der Waals surface area (Å²) in [4.78, 5) is 38.4. The van der Waals surface area contributed by atoms with E-state index in [2.05, 4.69) is 5.32 Å². The van der Waals surface area contributed by atoms with Crippen LogP contribution in [0.15, 0.2) is 18.2 Å². The molecule has 1 saturated heterocycles. The van der Waals surface area contributed by atoms with E-state index in [4.69, 9.17) is 9.47 Å². The van der Waals surface area contributed by atoms with Gasteiger partial charge in [-0.3, -0.25) is 14.4 Å². The zero-order valence-corrected chi connectivity index (χ0v) is 16.4. The fourth-order valence-corrected chi connectivity index (χ4v) is 2.83. The molecular weight excluding hydrogens is 348 g/mol. The first kappa shape index (κ1) is 20.7. The van der Waals surface area contributed by atoms with Crippen LogP contribution in [0.1, 0.15) is 37.8 Å². The number of carbonyl (C=O) groups is 3. The van der Waals surface area contributed by atoms with Gasteiger partial charge < -0.3 is 19.7 Å². The first-order valence-electron chi connectivity index (χ1n) is 9.29. The smallest absolute Gasteiger partial charge is 0.308 e. The van der Waals surface area contributed by atoms with Gasteiger partial charge in [-0.05, 0) is 44.4 Å². The second kappa shape index (κ2) is 9.39. The molecule has 1 N–H and O–H groups in total. The lowest BCUT2D eigenvalue weighted by atomic mass is 10.1.